The molecule has 7 nitrogen and oxygen atoms in total. The molecule has 8 heteroatoms. The number of rotatable bonds is 6. The zero-order valence-corrected chi connectivity index (χ0v) is 17.7. The predicted octanol–water partition coefficient (Wildman–Crippen LogP) is 2.92. The van der Waals surface area contributed by atoms with Gasteiger partial charge in [-0.1, -0.05) is 12.1 Å². The number of carbonyl (C=O) groups is 1. The summed E-state index contributed by atoms with van der Waals surface area (Å²) in [5.74, 6) is 0. The Morgan fingerprint density at radius 2 is 2.20 bits per heavy atom. The molecule has 1 atom stereocenters. The fourth-order valence-electron chi connectivity index (χ4n) is 3.64. The summed E-state index contributed by atoms with van der Waals surface area (Å²) in [6.45, 7) is 5.09. The van der Waals surface area contributed by atoms with Gasteiger partial charge in [-0.2, -0.15) is 0 Å². The van der Waals surface area contributed by atoms with Gasteiger partial charge < -0.3 is 10.6 Å². The molecular formula is C22H25N5O2S. The lowest BCUT2D eigenvalue weighted by Gasteiger charge is -2.32. The summed E-state index contributed by atoms with van der Waals surface area (Å²) in [6.07, 6.45) is 4.25. The molecule has 0 aliphatic carbocycles. The highest BCUT2D eigenvalue weighted by atomic mass is 32.1. The van der Waals surface area contributed by atoms with Crippen LogP contribution in [-0.2, 0) is 19.5 Å². The van der Waals surface area contributed by atoms with Gasteiger partial charge in [0.2, 0.25) is 0 Å². The van der Waals surface area contributed by atoms with E-state index in [9.17, 15) is 9.59 Å². The number of amides is 2. The Labute approximate surface area is 179 Å². The quantitative estimate of drug-likeness (QED) is 0.639. The van der Waals surface area contributed by atoms with Gasteiger partial charge >= 0.3 is 11.7 Å². The lowest BCUT2D eigenvalue weighted by atomic mass is 10.1. The molecule has 1 aliphatic rings. The largest absolute Gasteiger partial charge is 0.347 e. The van der Waals surface area contributed by atoms with Crippen LogP contribution in [0.3, 0.4) is 0 Å². The molecule has 2 amide bonds. The van der Waals surface area contributed by atoms with Crippen LogP contribution in [0.2, 0.25) is 0 Å². The van der Waals surface area contributed by atoms with E-state index in [4.69, 9.17) is 0 Å². The monoisotopic (exact) mass is 423 g/mol. The van der Waals surface area contributed by atoms with E-state index in [1.165, 1.54) is 21.2 Å². The maximum Gasteiger partial charge on any atom is 0.347 e. The van der Waals surface area contributed by atoms with E-state index in [0.717, 1.165) is 25.1 Å². The second-order valence-electron chi connectivity index (χ2n) is 7.50. The van der Waals surface area contributed by atoms with E-state index in [-0.39, 0.29) is 17.8 Å². The molecule has 0 unspecified atom stereocenters. The van der Waals surface area contributed by atoms with Gasteiger partial charge in [0.15, 0.2) is 0 Å². The molecule has 0 spiro atoms. The molecule has 3 aromatic rings. The third kappa shape index (κ3) is 4.95. The van der Waals surface area contributed by atoms with E-state index in [1.54, 1.807) is 12.3 Å². The van der Waals surface area contributed by atoms with Crippen LogP contribution in [0, 0.1) is 0 Å². The Balaban J connectivity index is 1.29. The number of benzene rings is 1. The summed E-state index contributed by atoms with van der Waals surface area (Å²) in [5, 5.41) is 8.01. The molecule has 0 bridgehead atoms. The van der Waals surface area contributed by atoms with E-state index in [0.29, 0.717) is 18.8 Å². The SMILES string of the molecule is C[C@@H](CNC(=O)Nc1cccc(Cn2cccnc2=O)c1)N1CCc2sccc2C1. The van der Waals surface area contributed by atoms with Gasteiger partial charge in [-0.05, 0) is 54.1 Å². The van der Waals surface area contributed by atoms with Crippen molar-refractivity contribution in [3.63, 3.8) is 0 Å². The minimum atomic E-state index is -0.296. The van der Waals surface area contributed by atoms with Gasteiger partial charge in [0.1, 0.15) is 0 Å². The smallest absolute Gasteiger partial charge is 0.336 e. The molecule has 0 fully saturated rings. The molecule has 2 N–H and O–H groups in total. The Morgan fingerprint density at radius 3 is 3.07 bits per heavy atom. The molecule has 30 heavy (non-hydrogen) atoms. The molecule has 2 aromatic heterocycles. The van der Waals surface area contributed by atoms with Crippen LogP contribution in [0.4, 0.5) is 10.5 Å². The van der Waals surface area contributed by atoms with Crippen molar-refractivity contribution in [1.29, 1.82) is 0 Å². The van der Waals surface area contributed by atoms with Crippen LogP contribution in [0.25, 0.3) is 0 Å². The molecule has 0 radical (unpaired) electrons. The number of aromatic nitrogens is 2. The highest BCUT2D eigenvalue weighted by molar-refractivity contribution is 7.10. The highest BCUT2D eigenvalue weighted by Gasteiger charge is 2.21. The lowest BCUT2D eigenvalue weighted by molar-refractivity contribution is 0.188. The summed E-state index contributed by atoms with van der Waals surface area (Å²) < 4.78 is 1.53. The van der Waals surface area contributed by atoms with Crippen molar-refractivity contribution in [3.05, 3.63) is 80.7 Å². The first kappa shape index (κ1) is 20.3. The third-order valence-electron chi connectivity index (χ3n) is 5.34. The van der Waals surface area contributed by atoms with E-state index in [1.807, 2.05) is 35.6 Å². The number of thiophene rings is 1. The Morgan fingerprint density at radius 1 is 1.30 bits per heavy atom. The minimum absolute atomic E-state index is 0.231. The molecule has 3 heterocycles. The van der Waals surface area contributed by atoms with Gasteiger partial charge in [-0.3, -0.25) is 9.47 Å². The topological polar surface area (TPSA) is 79.3 Å². The molecule has 4 rings (SSSR count). The molecule has 156 valence electrons. The van der Waals surface area contributed by atoms with Crippen molar-refractivity contribution in [2.24, 2.45) is 0 Å². The van der Waals surface area contributed by atoms with E-state index < -0.39 is 0 Å². The number of anilines is 1. The molecule has 1 aliphatic heterocycles. The number of urea groups is 1. The molecule has 0 saturated heterocycles. The Bertz CT molecular complexity index is 1080. The maximum atomic E-state index is 12.4. The van der Waals surface area contributed by atoms with Crippen LogP contribution < -0.4 is 16.3 Å². The van der Waals surface area contributed by atoms with E-state index >= 15 is 0 Å². The average molecular weight is 424 g/mol. The van der Waals surface area contributed by atoms with Gasteiger partial charge in [0.05, 0.1) is 6.54 Å². The average Bonchev–Trinajstić information content (AvgIpc) is 3.22. The zero-order valence-electron chi connectivity index (χ0n) is 16.9. The van der Waals surface area contributed by atoms with Gasteiger partial charge in [0.25, 0.3) is 0 Å². The standard InChI is InChI=1S/C22H25N5O2S/c1-16(26-10-6-20-18(15-26)7-11-30-20)13-24-21(28)25-19-5-2-4-17(12-19)14-27-9-3-8-23-22(27)29/h2-5,7-9,11-12,16H,6,10,13-15H2,1H3,(H2,24,25,28)/t16-/m0/s1. The summed E-state index contributed by atoms with van der Waals surface area (Å²) >= 11 is 1.83. The maximum absolute atomic E-state index is 12.4. The van der Waals surface area contributed by atoms with Gasteiger partial charge in [-0.25, -0.2) is 14.6 Å². The molecule has 1 aromatic carbocycles. The highest BCUT2D eigenvalue weighted by Crippen LogP contribution is 2.25. The number of fused-ring (bicyclic) bond motifs is 1. The second kappa shape index (κ2) is 9.23. The summed E-state index contributed by atoms with van der Waals surface area (Å²) in [7, 11) is 0. The summed E-state index contributed by atoms with van der Waals surface area (Å²) in [6, 6.07) is 11.4. The number of nitrogens with zero attached hydrogens (tertiary/aromatic N) is 3. The fraction of sp³-hybridized carbons (Fsp3) is 0.318. The van der Waals surface area contributed by atoms with Crippen molar-refractivity contribution in [2.75, 3.05) is 18.4 Å². The first-order valence-electron chi connectivity index (χ1n) is 10.0. The summed E-state index contributed by atoms with van der Waals surface area (Å²) in [5.41, 5.74) is 2.72. The van der Waals surface area contributed by atoms with Crippen molar-refractivity contribution in [1.82, 2.24) is 19.8 Å². The number of hydrogen-bond donors (Lipinski definition) is 2. The Hall–Kier alpha value is -2.97. The van der Waals surface area contributed by atoms with Crippen molar-refractivity contribution in [3.8, 4) is 0 Å². The lowest BCUT2D eigenvalue weighted by Crippen LogP contribution is -2.45. The van der Waals surface area contributed by atoms with E-state index in [2.05, 4.69) is 38.9 Å². The first-order chi connectivity index (χ1) is 14.6. The summed E-state index contributed by atoms with van der Waals surface area (Å²) in [4.78, 5) is 31.8. The zero-order chi connectivity index (χ0) is 20.9. The van der Waals surface area contributed by atoms with Gasteiger partial charge in [0, 0.05) is 48.6 Å². The predicted molar refractivity (Wildman–Crippen MR) is 119 cm³/mol. The number of carbonyl (C=O) groups excluding carboxylic acids is 1. The number of hydrogen-bond acceptors (Lipinski definition) is 5. The molecular weight excluding hydrogens is 398 g/mol. The molecule has 0 saturated carbocycles. The minimum Gasteiger partial charge on any atom is -0.336 e. The fourth-order valence-corrected chi connectivity index (χ4v) is 4.53. The number of nitrogens with one attached hydrogen (secondary N) is 2. The van der Waals surface area contributed by atoms with Gasteiger partial charge in [-0.15, -0.1) is 11.3 Å². The third-order valence-corrected chi connectivity index (χ3v) is 6.36. The van der Waals surface area contributed by atoms with Crippen LogP contribution in [0.15, 0.2) is 59.0 Å². The van der Waals surface area contributed by atoms with Crippen LogP contribution in [0.5, 0.6) is 0 Å². The normalized spacial score (nSPS) is 14.7. The van der Waals surface area contributed by atoms with Crippen molar-refractivity contribution in [2.45, 2.75) is 32.5 Å². The first-order valence-corrected chi connectivity index (χ1v) is 10.9. The Kier molecular flexibility index (Phi) is 6.25. The van der Waals surface area contributed by atoms with Crippen LogP contribution in [0.1, 0.15) is 22.9 Å². The van der Waals surface area contributed by atoms with Crippen LogP contribution >= 0.6 is 11.3 Å². The second-order valence-corrected chi connectivity index (χ2v) is 8.50. The van der Waals surface area contributed by atoms with Crippen LogP contribution in [-0.4, -0.2) is 39.6 Å². The van der Waals surface area contributed by atoms with Crippen molar-refractivity contribution >= 4 is 23.1 Å². The van der Waals surface area contributed by atoms with Crippen molar-refractivity contribution < 1.29 is 4.79 Å².